The molecule has 0 aliphatic heterocycles. The van der Waals surface area contributed by atoms with Crippen LogP contribution in [-0.2, 0) is 0 Å². The molecule has 2 aromatic carbocycles. The van der Waals surface area contributed by atoms with Crippen LogP contribution in [0, 0.1) is 12.7 Å². The van der Waals surface area contributed by atoms with Gasteiger partial charge >= 0.3 is 0 Å². The average Bonchev–Trinajstić information content (AvgIpc) is 2.26. The molecule has 0 aliphatic rings. The van der Waals surface area contributed by atoms with E-state index in [1.165, 1.54) is 12.1 Å². The van der Waals surface area contributed by atoms with Crippen molar-refractivity contribution in [3.8, 4) is 11.5 Å². The maximum atomic E-state index is 13.2. The molecule has 88 valence electrons. The Kier molecular flexibility index (Phi) is 3.69. The molecule has 0 spiro atoms. The summed E-state index contributed by atoms with van der Waals surface area (Å²) in [5, 5.41) is 0.243. The Labute approximate surface area is 112 Å². The quantitative estimate of drug-likeness (QED) is 0.679. The lowest BCUT2D eigenvalue weighted by molar-refractivity contribution is 0.479. The van der Waals surface area contributed by atoms with Gasteiger partial charge < -0.3 is 4.74 Å². The van der Waals surface area contributed by atoms with Gasteiger partial charge in [0.25, 0.3) is 0 Å². The highest BCUT2D eigenvalue weighted by molar-refractivity contribution is 9.10. The van der Waals surface area contributed by atoms with Gasteiger partial charge in [0.1, 0.15) is 17.3 Å². The van der Waals surface area contributed by atoms with Gasteiger partial charge in [0.2, 0.25) is 0 Å². The number of ether oxygens (including phenoxy) is 1. The van der Waals surface area contributed by atoms with Crippen LogP contribution in [0.5, 0.6) is 11.5 Å². The van der Waals surface area contributed by atoms with Crippen LogP contribution >= 0.6 is 27.5 Å². The van der Waals surface area contributed by atoms with Crippen LogP contribution in [-0.4, -0.2) is 0 Å². The standard InChI is InChI=1S/C13H9BrClFO/c1-8-3-2-4-9(5-8)17-13-6-10(14)12(16)7-11(13)15/h2-7H,1H3. The van der Waals surface area contributed by atoms with Gasteiger partial charge in [0.05, 0.1) is 9.50 Å². The summed E-state index contributed by atoms with van der Waals surface area (Å²) in [5.74, 6) is 0.683. The molecule has 0 aliphatic carbocycles. The molecule has 0 atom stereocenters. The summed E-state index contributed by atoms with van der Waals surface area (Å²) in [6, 6.07) is 10.3. The Balaban J connectivity index is 2.33. The third-order valence-corrected chi connectivity index (χ3v) is 3.10. The van der Waals surface area contributed by atoms with Gasteiger partial charge in [-0.2, -0.15) is 0 Å². The van der Waals surface area contributed by atoms with Gasteiger partial charge in [-0.1, -0.05) is 23.7 Å². The molecule has 4 heteroatoms. The maximum Gasteiger partial charge on any atom is 0.147 e. The van der Waals surface area contributed by atoms with E-state index >= 15 is 0 Å². The van der Waals surface area contributed by atoms with Crippen LogP contribution in [0.3, 0.4) is 0 Å². The number of rotatable bonds is 2. The van der Waals surface area contributed by atoms with Crippen molar-refractivity contribution in [1.29, 1.82) is 0 Å². The molecule has 0 amide bonds. The van der Waals surface area contributed by atoms with Crippen LogP contribution < -0.4 is 4.74 Å². The SMILES string of the molecule is Cc1cccc(Oc2cc(Br)c(F)cc2Cl)c1. The first kappa shape index (κ1) is 12.4. The lowest BCUT2D eigenvalue weighted by Crippen LogP contribution is -1.88. The Morgan fingerprint density at radius 1 is 1.24 bits per heavy atom. The molecule has 0 saturated heterocycles. The summed E-state index contributed by atoms with van der Waals surface area (Å²) in [6.45, 7) is 1.97. The lowest BCUT2D eigenvalue weighted by atomic mass is 10.2. The molecule has 0 fully saturated rings. The molecule has 0 bridgehead atoms. The minimum absolute atomic E-state index is 0.243. The van der Waals surface area contributed by atoms with Crippen molar-refractivity contribution in [2.75, 3.05) is 0 Å². The summed E-state index contributed by atoms with van der Waals surface area (Å²) in [6.07, 6.45) is 0. The zero-order valence-corrected chi connectivity index (χ0v) is 11.3. The summed E-state index contributed by atoms with van der Waals surface area (Å²) in [4.78, 5) is 0. The normalized spacial score (nSPS) is 10.4. The van der Waals surface area contributed by atoms with E-state index < -0.39 is 5.82 Å². The number of hydrogen-bond acceptors (Lipinski definition) is 1. The van der Waals surface area contributed by atoms with Crippen molar-refractivity contribution in [2.45, 2.75) is 6.92 Å². The van der Waals surface area contributed by atoms with Crippen molar-refractivity contribution in [2.24, 2.45) is 0 Å². The van der Waals surface area contributed by atoms with E-state index in [1.54, 1.807) is 0 Å². The smallest absolute Gasteiger partial charge is 0.147 e. The van der Waals surface area contributed by atoms with Gasteiger partial charge in [-0.25, -0.2) is 4.39 Å². The van der Waals surface area contributed by atoms with Gasteiger partial charge in [0, 0.05) is 0 Å². The van der Waals surface area contributed by atoms with E-state index in [2.05, 4.69) is 15.9 Å². The molecule has 0 N–H and O–H groups in total. The van der Waals surface area contributed by atoms with E-state index in [0.29, 0.717) is 16.0 Å². The number of benzene rings is 2. The van der Waals surface area contributed by atoms with E-state index in [-0.39, 0.29) is 5.02 Å². The molecule has 0 radical (unpaired) electrons. The lowest BCUT2D eigenvalue weighted by Gasteiger charge is -2.09. The van der Waals surface area contributed by atoms with Crippen molar-refractivity contribution in [3.63, 3.8) is 0 Å². The first-order chi connectivity index (χ1) is 8.06. The molecule has 1 nitrogen and oxygen atoms in total. The summed E-state index contributed by atoms with van der Waals surface area (Å²) in [5.41, 5.74) is 1.08. The van der Waals surface area contributed by atoms with Gasteiger partial charge in [-0.05, 0) is 52.7 Å². The third-order valence-electron chi connectivity index (χ3n) is 2.19. The van der Waals surface area contributed by atoms with Crippen molar-refractivity contribution < 1.29 is 9.13 Å². The topological polar surface area (TPSA) is 9.23 Å². The molecule has 0 unspecified atom stereocenters. The van der Waals surface area contributed by atoms with Crippen molar-refractivity contribution >= 4 is 27.5 Å². The van der Waals surface area contributed by atoms with Gasteiger partial charge in [-0.3, -0.25) is 0 Å². The van der Waals surface area contributed by atoms with Crippen molar-refractivity contribution in [1.82, 2.24) is 0 Å². The van der Waals surface area contributed by atoms with Crippen LogP contribution in [0.25, 0.3) is 0 Å². The van der Waals surface area contributed by atoms with Gasteiger partial charge in [0.15, 0.2) is 0 Å². The second-order valence-electron chi connectivity index (χ2n) is 3.62. The molecule has 0 heterocycles. The third kappa shape index (κ3) is 2.99. The van der Waals surface area contributed by atoms with E-state index in [0.717, 1.165) is 5.56 Å². The number of aryl methyl sites for hydroxylation is 1. The minimum Gasteiger partial charge on any atom is -0.456 e. The highest BCUT2D eigenvalue weighted by Crippen LogP contribution is 2.33. The molecular weight excluding hydrogens is 306 g/mol. The first-order valence-corrected chi connectivity index (χ1v) is 6.12. The maximum absolute atomic E-state index is 13.2. The van der Waals surface area contributed by atoms with E-state index in [9.17, 15) is 4.39 Å². The van der Waals surface area contributed by atoms with Crippen LogP contribution in [0.1, 0.15) is 5.56 Å². The minimum atomic E-state index is -0.411. The molecule has 2 aromatic rings. The van der Waals surface area contributed by atoms with Crippen molar-refractivity contribution in [3.05, 3.63) is 57.3 Å². The molecule has 2 rings (SSSR count). The largest absolute Gasteiger partial charge is 0.456 e. The summed E-state index contributed by atoms with van der Waals surface area (Å²) >= 11 is 9.00. The van der Waals surface area contributed by atoms with Crippen LogP contribution in [0.15, 0.2) is 40.9 Å². The van der Waals surface area contributed by atoms with Crippen LogP contribution in [0.2, 0.25) is 5.02 Å². The Bertz CT molecular complexity index is 557. The molecule has 0 saturated carbocycles. The highest BCUT2D eigenvalue weighted by atomic mass is 79.9. The predicted molar refractivity (Wildman–Crippen MR) is 70.4 cm³/mol. The average molecular weight is 316 g/mol. The Morgan fingerprint density at radius 2 is 2.00 bits per heavy atom. The number of halogens is 3. The highest BCUT2D eigenvalue weighted by Gasteiger charge is 2.08. The Hall–Kier alpha value is -1.06. The Morgan fingerprint density at radius 3 is 2.71 bits per heavy atom. The van der Waals surface area contributed by atoms with Gasteiger partial charge in [-0.15, -0.1) is 0 Å². The van der Waals surface area contributed by atoms with E-state index in [1.807, 2.05) is 31.2 Å². The fraction of sp³-hybridized carbons (Fsp3) is 0.0769. The predicted octanol–water partition coefficient (Wildman–Crippen LogP) is 5.34. The second-order valence-corrected chi connectivity index (χ2v) is 4.88. The van der Waals surface area contributed by atoms with E-state index in [4.69, 9.17) is 16.3 Å². The zero-order valence-electron chi connectivity index (χ0n) is 9.01. The molecular formula is C13H9BrClFO. The summed E-state index contributed by atoms with van der Waals surface area (Å²) in [7, 11) is 0. The fourth-order valence-electron chi connectivity index (χ4n) is 1.39. The summed E-state index contributed by atoms with van der Waals surface area (Å²) < 4.78 is 19.1. The zero-order chi connectivity index (χ0) is 12.4. The monoisotopic (exact) mass is 314 g/mol. The van der Waals surface area contributed by atoms with Crippen LogP contribution in [0.4, 0.5) is 4.39 Å². The molecule has 0 aromatic heterocycles. The number of hydrogen-bond donors (Lipinski definition) is 0. The fourth-order valence-corrected chi connectivity index (χ4v) is 1.90. The second kappa shape index (κ2) is 5.07. The first-order valence-electron chi connectivity index (χ1n) is 4.95. The molecule has 17 heavy (non-hydrogen) atoms.